The fourth-order valence-electron chi connectivity index (χ4n) is 4.54. The number of methoxy groups -OCH3 is 2. The van der Waals surface area contributed by atoms with E-state index in [-0.39, 0.29) is 19.5 Å². The van der Waals surface area contributed by atoms with Gasteiger partial charge in [-0.05, 0) is 18.1 Å². The zero-order valence-electron chi connectivity index (χ0n) is 19.4. The molecule has 0 amide bonds. The van der Waals surface area contributed by atoms with Crippen molar-refractivity contribution in [3.05, 3.63) is 23.3 Å². The third-order valence-electron chi connectivity index (χ3n) is 6.65. The summed E-state index contributed by atoms with van der Waals surface area (Å²) >= 11 is 0. The molecule has 4 unspecified atom stereocenters. The Hall–Kier alpha value is -3.37. The molecule has 2 aliphatic heterocycles. The first-order chi connectivity index (χ1) is 16.4. The van der Waals surface area contributed by atoms with E-state index in [9.17, 15) is 9.90 Å². The maximum atomic E-state index is 13.0. The van der Waals surface area contributed by atoms with Gasteiger partial charge >= 0.3 is 5.97 Å². The highest BCUT2D eigenvalue weighted by atomic mass is 16.7. The number of esters is 1. The number of fused-ring (bicyclic) bond motifs is 7. The van der Waals surface area contributed by atoms with Crippen LogP contribution in [-0.4, -0.2) is 44.9 Å². The smallest absolute Gasteiger partial charge is 0.323 e. The summed E-state index contributed by atoms with van der Waals surface area (Å²) in [5, 5.41) is 11.5. The van der Waals surface area contributed by atoms with Crippen LogP contribution in [0.1, 0.15) is 43.6 Å². The Labute approximate surface area is 196 Å². The van der Waals surface area contributed by atoms with E-state index < -0.39 is 24.2 Å². The molecule has 0 aromatic heterocycles. The van der Waals surface area contributed by atoms with Crippen molar-refractivity contribution < 1.29 is 43.1 Å². The Morgan fingerprint density at radius 2 is 1.50 bits per heavy atom. The van der Waals surface area contributed by atoms with E-state index in [0.717, 1.165) is 0 Å². The standard InChI is InChI=1S/C24H27NO9/c1-5-10(2)17(25)24(27)34-19-12-7-14(29-4)21-23(33-9-31-21)16(12)15-11(18(19)26)6-13(28-3)20-22(15)32-8-30-20/h6-7,10,17-19,26H,5,8-9,25H2,1-4H3. The first kappa shape index (κ1) is 22.4. The second kappa shape index (κ2) is 8.44. The highest BCUT2D eigenvalue weighted by Gasteiger charge is 2.45. The van der Waals surface area contributed by atoms with Gasteiger partial charge in [-0.3, -0.25) is 4.79 Å². The summed E-state index contributed by atoms with van der Waals surface area (Å²) in [7, 11) is 2.99. The van der Waals surface area contributed by atoms with Crippen molar-refractivity contribution in [1.29, 1.82) is 0 Å². The average molecular weight is 473 g/mol. The van der Waals surface area contributed by atoms with Gasteiger partial charge in [0.2, 0.25) is 25.1 Å². The fraction of sp³-hybridized carbons (Fsp3) is 0.458. The molecule has 2 aromatic carbocycles. The Kier molecular flexibility index (Phi) is 5.57. The van der Waals surface area contributed by atoms with Crippen LogP contribution in [-0.2, 0) is 9.53 Å². The zero-order valence-corrected chi connectivity index (χ0v) is 19.4. The predicted octanol–water partition coefficient (Wildman–Crippen LogP) is 2.83. The van der Waals surface area contributed by atoms with Gasteiger partial charge in [-0.25, -0.2) is 0 Å². The Balaban J connectivity index is 1.73. The second-order valence-corrected chi connectivity index (χ2v) is 8.43. The minimum Gasteiger partial charge on any atom is -0.493 e. The summed E-state index contributed by atoms with van der Waals surface area (Å²) in [5.74, 6) is 1.69. The van der Waals surface area contributed by atoms with Crippen LogP contribution >= 0.6 is 0 Å². The molecule has 2 heterocycles. The summed E-state index contributed by atoms with van der Waals surface area (Å²) in [4.78, 5) is 13.0. The lowest BCUT2D eigenvalue weighted by atomic mass is 9.80. The van der Waals surface area contributed by atoms with Gasteiger partial charge in [-0.2, -0.15) is 0 Å². The fourth-order valence-corrected chi connectivity index (χ4v) is 4.54. The number of carbonyl (C=O) groups is 1. The SMILES string of the molecule is CCC(C)C(N)C(=O)OC1c2cc(OC)c3c(c2-c2c(cc(OC)c4c2OCO4)C1O)OCO3. The zero-order chi connectivity index (χ0) is 24.1. The van der Waals surface area contributed by atoms with E-state index in [0.29, 0.717) is 63.2 Å². The number of ether oxygens (including phenoxy) is 7. The number of hydrogen-bond donors (Lipinski definition) is 2. The van der Waals surface area contributed by atoms with E-state index in [4.69, 9.17) is 38.9 Å². The first-order valence-corrected chi connectivity index (χ1v) is 11.1. The van der Waals surface area contributed by atoms with Crippen LogP contribution in [0.4, 0.5) is 0 Å². The largest absolute Gasteiger partial charge is 0.493 e. The topological polar surface area (TPSA) is 128 Å². The van der Waals surface area contributed by atoms with Crippen molar-refractivity contribution in [3.63, 3.8) is 0 Å². The lowest BCUT2D eigenvalue weighted by Gasteiger charge is -2.34. The van der Waals surface area contributed by atoms with Gasteiger partial charge in [0.1, 0.15) is 12.1 Å². The van der Waals surface area contributed by atoms with Crippen molar-refractivity contribution in [2.45, 2.75) is 38.5 Å². The van der Waals surface area contributed by atoms with Crippen LogP contribution in [0.3, 0.4) is 0 Å². The van der Waals surface area contributed by atoms with Gasteiger partial charge in [0.25, 0.3) is 0 Å². The minimum atomic E-state index is -1.25. The molecule has 0 fully saturated rings. The maximum Gasteiger partial charge on any atom is 0.323 e. The monoisotopic (exact) mass is 473 g/mol. The van der Waals surface area contributed by atoms with Crippen molar-refractivity contribution >= 4 is 5.97 Å². The van der Waals surface area contributed by atoms with Crippen LogP contribution in [0.15, 0.2) is 12.1 Å². The van der Waals surface area contributed by atoms with Gasteiger partial charge < -0.3 is 44.0 Å². The van der Waals surface area contributed by atoms with Crippen LogP contribution in [0.5, 0.6) is 34.5 Å². The Morgan fingerprint density at radius 3 is 2.03 bits per heavy atom. The Bertz CT molecular complexity index is 1150. The summed E-state index contributed by atoms with van der Waals surface area (Å²) in [5.41, 5.74) is 8.17. The molecule has 3 N–H and O–H groups in total. The van der Waals surface area contributed by atoms with E-state index in [1.807, 2.05) is 13.8 Å². The molecule has 2 aromatic rings. The van der Waals surface area contributed by atoms with Crippen LogP contribution in [0, 0.1) is 5.92 Å². The molecule has 3 aliphatic rings. The third kappa shape index (κ3) is 3.20. The third-order valence-corrected chi connectivity index (χ3v) is 6.65. The van der Waals surface area contributed by atoms with Crippen LogP contribution in [0.2, 0.25) is 0 Å². The second-order valence-electron chi connectivity index (χ2n) is 8.43. The Morgan fingerprint density at radius 1 is 1.00 bits per heavy atom. The molecule has 4 atom stereocenters. The van der Waals surface area contributed by atoms with Crippen LogP contribution in [0.25, 0.3) is 11.1 Å². The van der Waals surface area contributed by atoms with Crippen molar-refractivity contribution in [2.24, 2.45) is 11.7 Å². The van der Waals surface area contributed by atoms with E-state index in [1.165, 1.54) is 14.2 Å². The molecular weight excluding hydrogens is 446 g/mol. The molecule has 0 radical (unpaired) electrons. The van der Waals surface area contributed by atoms with Crippen LogP contribution < -0.4 is 34.2 Å². The molecule has 10 nitrogen and oxygen atoms in total. The quantitative estimate of drug-likeness (QED) is 0.605. The van der Waals surface area contributed by atoms with Gasteiger partial charge in [0.15, 0.2) is 29.1 Å². The summed E-state index contributed by atoms with van der Waals surface area (Å²) in [6.45, 7) is 3.79. The van der Waals surface area contributed by atoms with Gasteiger partial charge in [0.05, 0.1) is 14.2 Å². The number of hydrogen-bond acceptors (Lipinski definition) is 10. The molecule has 182 valence electrons. The number of aliphatic hydroxyl groups excluding tert-OH is 1. The molecule has 34 heavy (non-hydrogen) atoms. The molecule has 10 heteroatoms. The summed E-state index contributed by atoms with van der Waals surface area (Å²) < 4.78 is 39.7. The lowest BCUT2D eigenvalue weighted by molar-refractivity contribution is -0.159. The normalized spacial score (nSPS) is 20.8. The number of rotatable bonds is 6. The van der Waals surface area contributed by atoms with Gasteiger partial charge in [-0.15, -0.1) is 0 Å². The highest BCUT2D eigenvalue weighted by Crippen LogP contribution is 2.62. The summed E-state index contributed by atoms with van der Waals surface area (Å²) in [6.07, 6.45) is -1.63. The molecule has 0 spiro atoms. The maximum absolute atomic E-state index is 13.0. The molecule has 0 bridgehead atoms. The van der Waals surface area contributed by atoms with Gasteiger partial charge in [-0.1, -0.05) is 20.3 Å². The van der Waals surface area contributed by atoms with Crippen molar-refractivity contribution in [1.82, 2.24) is 0 Å². The van der Waals surface area contributed by atoms with E-state index in [2.05, 4.69) is 0 Å². The van der Waals surface area contributed by atoms with Crippen molar-refractivity contribution in [3.8, 4) is 45.6 Å². The first-order valence-electron chi connectivity index (χ1n) is 11.1. The number of carbonyl (C=O) groups excluding carboxylic acids is 1. The molecule has 0 saturated heterocycles. The van der Waals surface area contributed by atoms with E-state index in [1.54, 1.807) is 12.1 Å². The molecule has 0 saturated carbocycles. The van der Waals surface area contributed by atoms with E-state index >= 15 is 0 Å². The minimum absolute atomic E-state index is 0.00848. The number of aliphatic hydroxyl groups is 1. The number of nitrogens with two attached hydrogens (primary N) is 1. The number of benzene rings is 2. The molecular formula is C24H27NO9. The predicted molar refractivity (Wildman–Crippen MR) is 118 cm³/mol. The van der Waals surface area contributed by atoms with Gasteiger partial charge in [0, 0.05) is 22.3 Å². The molecule has 1 aliphatic carbocycles. The average Bonchev–Trinajstić information content (AvgIpc) is 3.54. The summed E-state index contributed by atoms with van der Waals surface area (Å²) in [6, 6.07) is 2.48. The highest BCUT2D eigenvalue weighted by molar-refractivity contribution is 5.91. The lowest BCUT2D eigenvalue weighted by Crippen LogP contribution is -2.39. The molecule has 5 rings (SSSR count). The van der Waals surface area contributed by atoms with Crippen molar-refractivity contribution in [2.75, 3.05) is 27.8 Å².